The molecule has 140 valence electrons. The van der Waals surface area contributed by atoms with E-state index in [2.05, 4.69) is 19.1 Å². The molecule has 0 bridgehead atoms. The fourth-order valence-corrected chi connectivity index (χ4v) is 6.40. The number of sulfone groups is 1. The average molecular weight is 374 g/mol. The van der Waals surface area contributed by atoms with Crippen LogP contribution in [0.4, 0.5) is 0 Å². The van der Waals surface area contributed by atoms with Crippen molar-refractivity contribution in [2.24, 2.45) is 11.1 Å². The van der Waals surface area contributed by atoms with Crippen LogP contribution in [-0.4, -0.2) is 33.4 Å². The molecule has 1 fully saturated rings. The third-order valence-electron chi connectivity index (χ3n) is 5.49. The summed E-state index contributed by atoms with van der Waals surface area (Å²) in [6.07, 6.45) is 0.956. The fraction of sp³-hybridized carbons (Fsp3) is 0.429. The molecule has 4 nitrogen and oxygen atoms in total. The van der Waals surface area contributed by atoms with Gasteiger partial charge in [-0.25, -0.2) is 8.42 Å². The van der Waals surface area contributed by atoms with Crippen molar-refractivity contribution in [1.82, 2.24) is 0 Å². The van der Waals surface area contributed by atoms with Crippen LogP contribution in [0.1, 0.15) is 30.9 Å². The van der Waals surface area contributed by atoms with Crippen LogP contribution in [-0.2, 0) is 21.0 Å². The Morgan fingerprint density at radius 2 is 1.69 bits per heavy atom. The second-order valence-corrected chi connectivity index (χ2v) is 9.00. The van der Waals surface area contributed by atoms with Crippen molar-refractivity contribution in [3.8, 4) is 0 Å². The lowest BCUT2D eigenvalue weighted by Crippen LogP contribution is -2.29. The molecule has 2 aromatic carbocycles. The van der Waals surface area contributed by atoms with Crippen LogP contribution >= 0.6 is 0 Å². The predicted molar refractivity (Wildman–Crippen MR) is 104 cm³/mol. The summed E-state index contributed by atoms with van der Waals surface area (Å²) in [5.74, 6) is -0.143. The molecule has 3 unspecified atom stereocenters. The minimum atomic E-state index is -3.49. The maximum atomic E-state index is 13.3. The van der Waals surface area contributed by atoms with Crippen LogP contribution in [0, 0.1) is 5.41 Å². The summed E-state index contributed by atoms with van der Waals surface area (Å²) >= 11 is 0. The molecule has 5 heteroatoms. The second-order valence-electron chi connectivity index (χ2n) is 6.93. The number of hydrogen-bond donors (Lipinski definition) is 1. The normalized spacial score (nSPS) is 25.2. The highest BCUT2D eigenvalue weighted by Gasteiger charge is 2.70. The number of benzene rings is 2. The van der Waals surface area contributed by atoms with E-state index in [0.29, 0.717) is 18.1 Å². The van der Waals surface area contributed by atoms with Crippen molar-refractivity contribution in [3.63, 3.8) is 0 Å². The molecule has 1 saturated carbocycles. The molecule has 1 aliphatic carbocycles. The van der Waals surface area contributed by atoms with E-state index in [1.807, 2.05) is 25.1 Å². The topological polar surface area (TPSA) is 69.4 Å². The van der Waals surface area contributed by atoms with E-state index in [9.17, 15) is 8.42 Å². The zero-order chi connectivity index (χ0) is 18.8. The SMILES string of the molecule is CCOCC1(CN)C(c2ccc(CC)cc2)C1S(=O)(=O)c1ccccc1. The summed E-state index contributed by atoms with van der Waals surface area (Å²) in [4.78, 5) is 0.354. The van der Waals surface area contributed by atoms with Crippen LogP contribution in [0.5, 0.6) is 0 Å². The molecule has 0 amide bonds. The Bertz CT molecular complexity index is 833. The predicted octanol–water partition coefficient (Wildman–Crippen LogP) is 3.17. The van der Waals surface area contributed by atoms with E-state index >= 15 is 0 Å². The maximum Gasteiger partial charge on any atom is 0.182 e. The summed E-state index contributed by atoms with van der Waals surface area (Å²) in [7, 11) is -3.49. The van der Waals surface area contributed by atoms with Crippen molar-refractivity contribution < 1.29 is 13.2 Å². The van der Waals surface area contributed by atoms with E-state index in [1.165, 1.54) is 5.56 Å². The van der Waals surface area contributed by atoms with Gasteiger partial charge in [0.2, 0.25) is 0 Å². The number of nitrogens with two attached hydrogens (primary N) is 1. The second kappa shape index (κ2) is 7.51. The van der Waals surface area contributed by atoms with Crippen LogP contribution in [0.2, 0.25) is 0 Å². The lowest BCUT2D eigenvalue weighted by Gasteiger charge is -2.16. The maximum absolute atomic E-state index is 13.3. The minimum absolute atomic E-state index is 0.143. The molecular formula is C21H27NO3S. The molecule has 0 aromatic heterocycles. The summed E-state index contributed by atoms with van der Waals surface area (Å²) in [5, 5.41) is -0.554. The van der Waals surface area contributed by atoms with Crippen LogP contribution in [0.3, 0.4) is 0 Å². The van der Waals surface area contributed by atoms with E-state index in [4.69, 9.17) is 10.5 Å². The third-order valence-corrected chi connectivity index (χ3v) is 7.83. The van der Waals surface area contributed by atoms with Crippen LogP contribution in [0.15, 0.2) is 59.5 Å². The molecule has 3 rings (SSSR count). The standard InChI is InChI=1S/C21H27NO3S/c1-3-16-10-12-17(13-11-16)19-20(21(19,14-22)15-25-4-2)26(23,24)18-8-6-5-7-9-18/h5-13,19-20H,3-4,14-15,22H2,1-2H3. The van der Waals surface area contributed by atoms with E-state index in [1.54, 1.807) is 24.3 Å². The van der Waals surface area contributed by atoms with Gasteiger partial charge in [0, 0.05) is 24.5 Å². The van der Waals surface area contributed by atoms with Crippen molar-refractivity contribution in [3.05, 3.63) is 65.7 Å². The van der Waals surface area contributed by atoms with Gasteiger partial charge in [-0.1, -0.05) is 49.4 Å². The first-order valence-corrected chi connectivity index (χ1v) is 10.7. The Balaban J connectivity index is 2.02. The molecule has 2 aromatic rings. The molecule has 0 radical (unpaired) electrons. The summed E-state index contributed by atoms with van der Waals surface area (Å²) in [6, 6.07) is 16.9. The van der Waals surface area contributed by atoms with Gasteiger partial charge in [0.1, 0.15) is 0 Å². The number of aryl methyl sites for hydroxylation is 1. The Kier molecular flexibility index (Phi) is 5.51. The van der Waals surface area contributed by atoms with Gasteiger partial charge in [-0.3, -0.25) is 0 Å². The smallest absolute Gasteiger partial charge is 0.182 e. The van der Waals surface area contributed by atoms with Crippen molar-refractivity contribution >= 4 is 9.84 Å². The molecule has 26 heavy (non-hydrogen) atoms. The highest BCUT2D eigenvalue weighted by Crippen LogP contribution is 2.63. The summed E-state index contributed by atoms with van der Waals surface area (Å²) in [6.45, 7) is 5.20. The first kappa shape index (κ1) is 19.1. The number of ether oxygens (including phenoxy) is 1. The first-order valence-electron chi connectivity index (χ1n) is 9.17. The largest absolute Gasteiger partial charge is 0.381 e. The van der Waals surface area contributed by atoms with E-state index in [0.717, 1.165) is 12.0 Å². The molecule has 0 saturated heterocycles. The van der Waals surface area contributed by atoms with Gasteiger partial charge in [0.15, 0.2) is 9.84 Å². The summed E-state index contributed by atoms with van der Waals surface area (Å²) < 4.78 is 32.3. The Morgan fingerprint density at radius 1 is 1.04 bits per heavy atom. The van der Waals surface area contributed by atoms with Gasteiger partial charge in [0.05, 0.1) is 16.8 Å². The molecule has 3 atom stereocenters. The molecule has 1 aliphatic rings. The summed E-state index contributed by atoms with van der Waals surface area (Å²) in [5.41, 5.74) is 7.80. The van der Waals surface area contributed by atoms with E-state index in [-0.39, 0.29) is 12.5 Å². The van der Waals surface area contributed by atoms with Gasteiger partial charge >= 0.3 is 0 Å². The Morgan fingerprint density at radius 3 is 2.23 bits per heavy atom. The van der Waals surface area contributed by atoms with Crippen molar-refractivity contribution in [2.45, 2.75) is 36.3 Å². The molecule has 0 spiro atoms. The number of rotatable bonds is 8. The van der Waals surface area contributed by atoms with Crippen molar-refractivity contribution in [2.75, 3.05) is 19.8 Å². The van der Waals surface area contributed by atoms with Gasteiger partial charge in [-0.05, 0) is 36.6 Å². The van der Waals surface area contributed by atoms with Gasteiger partial charge in [-0.2, -0.15) is 0 Å². The van der Waals surface area contributed by atoms with Crippen LogP contribution in [0.25, 0.3) is 0 Å². The number of hydrogen-bond acceptors (Lipinski definition) is 4. The van der Waals surface area contributed by atoms with E-state index < -0.39 is 20.5 Å². The lowest BCUT2D eigenvalue weighted by molar-refractivity contribution is 0.101. The highest BCUT2D eigenvalue weighted by atomic mass is 32.2. The quantitative estimate of drug-likeness (QED) is 0.772. The van der Waals surface area contributed by atoms with Gasteiger partial charge in [0.25, 0.3) is 0 Å². The zero-order valence-electron chi connectivity index (χ0n) is 15.4. The monoisotopic (exact) mass is 373 g/mol. The average Bonchev–Trinajstić information content (AvgIpc) is 3.37. The Labute approximate surface area is 156 Å². The molecule has 2 N–H and O–H groups in total. The zero-order valence-corrected chi connectivity index (χ0v) is 16.2. The first-order chi connectivity index (χ1) is 12.5. The molecule has 0 heterocycles. The lowest BCUT2D eigenvalue weighted by atomic mass is 9.99. The molecular weight excluding hydrogens is 346 g/mol. The molecule has 0 aliphatic heterocycles. The highest BCUT2D eigenvalue weighted by molar-refractivity contribution is 7.92. The van der Waals surface area contributed by atoms with Crippen molar-refractivity contribution in [1.29, 1.82) is 0 Å². The van der Waals surface area contributed by atoms with Gasteiger partial charge in [-0.15, -0.1) is 0 Å². The van der Waals surface area contributed by atoms with Crippen LogP contribution < -0.4 is 5.73 Å². The minimum Gasteiger partial charge on any atom is -0.381 e. The third kappa shape index (κ3) is 3.20. The van der Waals surface area contributed by atoms with Gasteiger partial charge < -0.3 is 10.5 Å². The fourth-order valence-electron chi connectivity index (χ4n) is 3.93. The Hall–Kier alpha value is -1.69.